The van der Waals surface area contributed by atoms with Crippen LogP contribution < -0.4 is 21.3 Å². The van der Waals surface area contributed by atoms with Gasteiger partial charge < -0.3 is 15.5 Å². The van der Waals surface area contributed by atoms with Crippen LogP contribution in [-0.2, 0) is 0 Å². The van der Waals surface area contributed by atoms with E-state index in [4.69, 9.17) is 10.6 Å². The molecule has 20 heavy (non-hydrogen) atoms. The van der Waals surface area contributed by atoms with Crippen molar-refractivity contribution in [3.63, 3.8) is 0 Å². The van der Waals surface area contributed by atoms with E-state index < -0.39 is 11.7 Å². The van der Waals surface area contributed by atoms with E-state index >= 15 is 0 Å². The molecule has 7 heteroatoms. The molecule has 0 atom stereocenters. The van der Waals surface area contributed by atoms with Crippen LogP contribution in [0.25, 0.3) is 0 Å². The zero-order valence-corrected chi connectivity index (χ0v) is 10.7. The highest BCUT2D eigenvalue weighted by Crippen LogP contribution is 2.24. The number of nitrogens with one attached hydrogen (secondary N) is 2. The van der Waals surface area contributed by atoms with E-state index in [-0.39, 0.29) is 11.4 Å². The maximum Gasteiger partial charge on any atom is 0.258 e. The second-order valence-electron chi connectivity index (χ2n) is 3.82. The predicted octanol–water partition coefficient (Wildman–Crippen LogP) is 1.77. The molecule has 2 aromatic rings. The summed E-state index contributed by atoms with van der Waals surface area (Å²) in [6, 6.07) is 8.09. The minimum Gasteiger partial charge on any atom is -0.495 e. The molecule has 0 unspecified atom stereocenters. The molecule has 0 radical (unpaired) electrons. The number of hydrogen-bond acceptors (Lipinski definition) is 5. The average Bonchev–Trinajstić information content (AvgIpc) is 2.48. The standard InChI is InChI=1S/C13H13FN4O2/c1-20-10-5-3-2-4-9(10)17-13(19)8-6-7-16-12(18-15)11(8)14/h2-7H,15H2,1H3,(H,16,18)(H,17,19). The Bertz CT molecular complexity index is 634. The Balaban J connectivity index is 2.29. The molecule has 4 N–H and O–H groups in total. The number of pyridine rings is 1. The van der Waals surface area contributed by atoms with Crippen LogP contribution in [0.5, 0.6) is 5.75 Å². The molecule has 6 nitrogen and oxygen atoms in total. The molecule has 0 aliphatic carbocycles. The second-order valence-corrected chi connectivity index (χ2v) is 3.82. The smallest absolute Gasteiger partial charge is 0.258 e. The number of hydrazine groups is 1. The van der Waals surface area contributed by atoms with Gasteiger partial charge in [-0.2, -0.15) is 0 Å². The van der Waals surface area contributed by atoms with Gasteiger partial charge in [0.15, 0.2) is 11.6 Å². The summed E-state index contributed by atoms with van der Waals surface area (Å²) in [5.74, 6) is 3.96. The first-order chi connectivity index (χ1) is 9.67. The lowest BCUT2D eigenvalue weighted by Crippen LogP contribution is -2.17. The zero-order valence-electron chi connectivity index (χ0n) is 10.7. The van der Waals surface area contributed by atoms with Crippen molar-refractivity contribution in [1.82, 2.24) is 4.98 Å². The summed E-state index contributed by atoms with van der Waals surface area (Å²) in [5.41, 5.74) is 2.36. The van der Waals surface area contributed by atoms with E-state index in [0.29, 0.717) is 11.4 Å². The number of carbonyl (C=O) groups excluding carboxylic acids is 1. The predicted molar refractivity (Wildman–Crippen MR) is 73.0 cm³/mol. The monoisotopic (exact) mass is 276 g/mol. The first-order valence-corrected chi connectivity index (χ1v) is 5.73. The fourth-order valence-corrected chi connectivity index (χ4v) is 1.66. The molecule has 0 spiro atoms. The molecule has 1 aromatic carbocycles. The molecule has 0 saturated heterocycles. The van der Waals surface area contributed by atoms with Gasteiger partial charge >= 0.3 is 0 Å². The first kappa shape index (κ1) is 13.8. The summed E-state index contributed by atoms with van der Waals surface area (Å²) in [4.78, 5) is 15.7. The third-order valence-corrected chi connectivity index (χ3v) is 2.63. The Kier molecular flexibility index (Phi) is 4.11. The van der Waals surface area contributed by atoms with E-state index in [0.717, 1.165) is 0 Å². The molecular weight excluding hydrogens is 263 g/mol. The van der Waals surface area contributed by atoms with Gasteiger partial charge in [-0.05, 0) is 18.2 Å². The number of ether oxygens (including phenoxy) is 1. The van der Waals surface area contributed by atoms with Crippen LogP contribution in [0.4, 0.5) is 15.9 Å². The van der Waals surface area contributed by atoms with Gasteiger partial charge in [0.2, 0.25) is 0 Å². The Morgan fingerprint density at radius 1 is 1.35 bits per heavy atom. The van der Waals surface area contributed by atoms with E-state index in [1.54, 1.807) is 24.3 Å². The molecular formula is C13H13FN4O2. The van der Waals surface area contributed by atoms with Gasteiger partial charge in [0, 0.05) is 6.20 Å². The third kappa shape index (κ3) is 2.67. The lowest BCUT2D eigenvalue weighted by Gasteiger charge is -2.11. The highest BCUT2D eigenvalue weighted by Gasteiger charge is 2.16. The van der Waals surface area contributed by atoms with Crippen molar-refractivity contribution in [2.45, 2.75) is 0 Å². The first-order valence-electron chi connectivity index (χ1n) is 5.73. The maximum atomic E-state index is 13.9. The Hall–Kier alpha value is -2.67. The number of methoxy groups -OCH3 is 1. The SMILES string of the molecule is COc1ccccc1NC(=O)c1ccnc(NN)c1F. The van der Waals surface area contributed by atoms with Crippen LogP contribution in [0.2, 0.25) is 0 Å². The van der Waals surface area contributed by atoms with Crippen LogP contribution in [-0.4, -0.2) is 18.0 Å². The summed E-state index contributed by atoms with van der Waals surface area (Å²) >= 11 is 0. The Morgan fingerprint density at radius 2 is 2.10 bits per heavy atom. The minimum absolute atomic E-state index is 0.168. The topological polar surface area (TPSA) is 89.3 Å². The van der Waals surface area contributed by atoms with E-state index in [1.165, 1.54) is 19.4 Å². The summed E-state index contributed by atoms with van der Waals surface area (Å²) in [6.07, 6.45) is 1.29. The van der Waals surface area contributed by atoms with Gasteiger partial charge in [-0.3, -0.25) is 4.79 Å². The van der Waals surface area contributed by atoms with Crippen LogP contribution in [0, 0.1) is 5.82 Å². The van der Waals surface area contributed by atoms with Crippen molar-refractivity contribution in [2.75, 3.05) is 17.9 Å². The summed E-state index contributed by atoms with van der Waals surface area (Å²) in [6.45, 7) is 0. The number of hydrogen-bond donors (Lipinski definition) is 3. The Labute approximate surface area is 114 Å². The highest BCUT2D eigenvalue weighted by molar-refractivity contribution is 6.05. The minimum atomic E-state index is -0.817. The van der Waals surface area contributed by atoms with Crippen molar-refractivity contribution in [2.24, 2.45) is 5.84 Å². The van der Waals surface area contributed by atoms with Crippen LogP contribution in [0.3, 0.4) is 0 Å². The van der Waals surface area contributed by atoms with E-state index in [1.807, 2.05) is 0 Å². The van der Waals surface area contributed by atoms with Crippen molar-refractivity contribution in [3.05, 3.63) is 47.9 Å². The van der Waals surface area contributed by atoms with Gasteiger partial charge in [-0.15, -0.1) is 0 Å². The van der Waals surface area contributed by atoms with Crippen molar-refractivity contribution in [3.8, 4) is 5.75 Å². The number of halogens is 1. The summed E-state index contributed by atoms with van der Waals surface area (Å²) in [5, 5.41) is 2.57. The molecule has 1 aromatic heterocycles. The summed E-state index contributed by atoms with van der Waals surface area (Å²) < 4.78 is 19.0. The van der Waals surface area contributed by atoms with Crippen molar-refractivity contribution >= 4 is 17.4 Å². The van der Waals surface area contributed by atoms with Gasteiger partial charge in [0.25, 0.3) is 5.91 Å². The van der Waals surface area contributed by atoms with Gasteiger partial charge in [0.05, 0.1) is 18.4 Å². The number of carbonyl (C=O) groups is 1. The van der Waals surface area contributed by atoms with Gasteiger partial charge in [-0.1, -0.05) is 12.1 Å². The highest BCUT2D eigenvalue weighted by atomic mass is 19.1. The fraction of sp³-hybridized carbons (Fsp3) is 0.0769. The molecule has 0 bridgehead atoms. The number of nitrogens with two attached hydrogens (primary N) is 1. The molecule has 1 heterocycles. The normalized spacial score (nSPS) is 9.95. The molecule has 0 aliphatic rings. The molecule has 0 saturated carbocycles. The molecule has 1 amide bonds. The number of nitrogen functional groups attached to an aromatic ring is 1. The van der Waals surface area contributed by atoms with Gasteiger partial charge in [0.1, 0.15) is 5.75 Å². The summed E-state index contributed by atoms with van der Waals surface area (Å²) in [7, 11) is 1.48. The molecule has 2 rings (SSSR count). The quantitative estimate of drug-likeness (QED) is 0.585. The molecule has 0 aliphatic heterocycles. The van der Waals surface area contributed by atoms with Crippen LogP contribution >= 0.6 is 0 Å². The van der Waals surface area contributed by atoms with E-state index in [2.05, 4.69) is 15.7 Å². The van der Waals surface area contributed by atoms with E-state index in [9.17, 15) is 9.18 Å². The van der Waals surface area contributed by atoms with Crippen molar-refractivity contribution in [1.29, 1.82) is 0 Å². The third-order valence-electron chi connectivity index (χ3n) is 2.63. The largest absolute Gasteiger partial charge is 0.495 e. The average molecular weight is 276 g/mol. The molecule has 0 fully saturated rings. The number of nitrogens with zero attached hydrogens (tertiary/aromatic N) is 1. The van der Waals surface area contributed by atoms with Crippen LogP contribution in [0.1, 0.15) is 10.4 Å². The second kappa shape index (κ2) is 5.98. The zero-order chi connectivity index (χ0) is 14.5. The van der Waals surface area contributed by atoms with Crippen LogP contribution in [0.15, 0.2) is 36.5 Å². The van der Waals surface area contributed by atoms with Gasteiger partial charge in [-0.25, -0.2) is 15.2 Å². The lowest BCUT2D eigenvalue weighted by molar-refractivity contribution is 0.102. The lowest BCUT2D eigenvalue weighted by atomic mass is 10.2. The number of aromatic nitrogens is 1. The fourth-order valence-electron chi connectivity index (χ4n) is 1.66. The maximum absolute atomic E-state index is 13.9. The number of rotatable bonds is 4. The Morgan fingerprint density at radius 3 is 2.80 bits per heavy atom. The number of amides is 1. The van der Waals surface area contributed by atoms with Crippen molar-refractivity contribution < 1.29 is 13.9 Å². The number of para-hydroxylation sites is 2. The molecule has 104 valence electrons. The number of anilines is 2. The number of benzene rings is 1.